The Balaban J connectivity index is 2.95. The van der Waals surface area contributed by atoms with Crippen molar-refractivity contribution in [3.05, 3.63) is 0 Å². The monoisotopic (exact) mass is 266 g/mol. The molecule has 0 unspecified atom stereocenters. The normalized spacial score (nSPS) is 12.1. The third-order valence-corrected chi connectivity index (χ3v) is 2.05. The van der Waals surface area contributed by atoms with Crippen LogP contribution in [0.2, 0.25) is 0 Å². The molecule has 0 spiro atoms. The molecule has 106 valence electrons. The summed E-state index contributed by atoms with van der Waals surface area (Å²) < 4.78 is 0. The molecule has 1 aromatic heterocycles. The zero-order valence-corrected chi connectivity index (χ0v) is 12.3. The molecule has 7 heteroatoms. The number of hydrogen-bond donors (Lipinski definition) is 3. The Labute approximate surface area is 113 Å². The number of carbonyl (C=O) groups is 1. The Hall–Kier alpha value is -1.92. The van der Waals surface area contributed by atoms with Gasteiger partial charge in [-0.3, -0.25) is 10.1 Å². The van der Waals surface area contributed by atoms with E-state index >= 15 is 0 Å². The van der Waals surface area contributed by atoms with E-state index in [0.29, 0.717) is 5.95 Å². The van der Waals surface area contributed by atoms with Gasteiger partial charge in [0.25, 0.3) is 0 Å². The Bertz CT molecular complexity index is 472. The fourth-order valence-electron chi connectivity index (χ4n) is 1.13. The van der Waals surface area contributed by atoms with Gasteiger partial charge in [-0.25, -0.2) is 0 Å². The number of carbonyl (C=O) groups excluding carboxylic acids is 1. The van der Waals surface area contributed by atoms with Gasteiger partial charge in [0.2, 0.25) is 23.8 Å². The van der Waals surface area contributed by atoms with Crippen molar-refractivity contribution in [2.24, 2.45) is 5.41 Å². The second-order valence-electron chi connectivity index (χ2n) is 6.42. The first-order valence-corrected chi connectivity index (χ1v) is 6.08. The average molecular weight is 266 g/mol. The largest absolute Gasteiger partial charge is 0.368 e. The van der Waals surface area contributed by atoms with Gasteiger partial charge in [0.15, 0.2) is 0 Å². The van der Waals surface area contributed by atoms with E-state index in [1.165, 1.54) is 0 Å². The SMILES string of the molecule is CC(C)(C)Nc1nc(N)nc(NC(=O)C(C)(C)C)n1. The number of rotatable bonds is 2. The van der Waals surface area contributed by atoms with Gasteiger partial charge in [0.1, 0.15) is 0 Å². The van der Waals surface area contributed by atoms with Gasteiger partial charge >= 0.3 is 0 Å². The molecule has 1 heterocycles. The molecule has 0 atom stereocenters. The number of anilines is 3. The van der Waals surface area contributed by atoms with Crippen molar-refractivity contribution in [2.45, 2.75) is 47.1 Å². The molecule has 0 aliphatic carbocycles. The van der Waals surface area contributed by atoms with Crippen LogP contribution in [0.1, 0.15) is 41.5 Å². The molecule has 0 saturated carbocycles. The standard InChI is InChI=1S/C12H22N6O/c1-11(2,3)7(19)14-9-15-8(13)16-10(17-9)18-12(4,5)6/h1-6H3,(H4,13,14,15,16,17,18,19). The van der Waals surface area contributed by atoms with Crippen LogP contribution in [-0.4, -0.2) is 26.4 Å². The summed E-state index contributed by atoms with van der Waals surface area (Å²) in [4.78, 5) is 23.9. The van der Waals surface area contributed by atoms with E-state index < -0.39 is 5.41 Å². The van der Waals surface area contributed by atoms with Crippen molar-refractivity contribution >= 4 is 23.8 Å². The highest BCUT2D eigenvalue weighted by Crippen LogP contribution is 2.17. The molecule has 0 saturated heterocycles. The fraction of sp³-hybridized carbons (Fsp3) is 0.667. The van der Waals surface area contributed by atoms with E-state index in [0.717, 1.165) is 0 Å². The Kier molecular flexibility index (Phi) is 3.97. The first-order valence-electron chi connectivity index (χ1n) is 6.08. The van der Waals surface area contributed by atoms with Gasteiger partial charge in [0.05, 0.1) is 0 Å². The van der Waals surface area contributed by atoms with Crippen LogP contribution < -0.4 is 16.4 Å². The van der Waals surface area contributed by atoms with E-state index in [1.807, 2.05) is 20.8 Å². The minimum absolute atomic E-state index is 0.0611. The molecule has 7 nitrogen and oxygen atoms in total. The van der Waals surface area contributed by atoms with Gasteiger partial charge in [0, 0.05) is 11.0 Å². The summed E-state index contributed by atoms with van der Waals surface area (Å²) in [6, 6.07) is 0. The third-order valence-electron chi connectivity index (χ3n) is 2.05. The number of nitrogen functional groups attached to an aromatic ring is 1. The number of amides is 1. The van der Waals surface area contributed by atoms with Crippen molar-refractivity contribution in [1.82, 2.24) is 15.0 Å². The van der Waals surface area contributed by atoms with E-state index in [-0.39, 0.29) is 23.3 Å². The highest BCUT2D eigenvalue weighted by Gasteiger charge is 2.22. The lowest BCUT2D eigenvalue weighted by Gasteiger charge is -2.21. The van der Waals surface area contributed by atoms with Crippen molar-refractivity contribution < 1.29 is 4.79 Å². The predicted octanol–water partition coefficient (Wildman–Crippen LogP) is 1.65. The average Bonchev–Trinajstić information content (AvgIpc) is 2.11. The minimum atomic E-state index is -0.529. The van der Waals surface area contributed by atoms with Crippen LogP contribution >= 0.6 is 0 Å². The predicted molar refractivity (Wildman–Crippen MR) is 75.7 cm³/mol. The maximum Gasteiger partial charge on any atom is 0.236 e. The van der Waals surface area contributed by atoms with Crippen molar-refractivity contribution in [3.63, 3.8) is 0 Å². The summed E-state index contributed by atoms with van der Waals surface area (Å²) in [6.07, 6.45) is 0. The summed E-state index contributed by atoms with van der Waals surface area (Å²) in [5.74, 6) is 0.370. The maximum absolute atomic E-state index is 11.9. The molecule has 1 amide bonds. The molecular formula is C12H22N6O. The van der Waals surface area contributed by atoms with Crippen molar-refractivity contribution in [2.75, 3.05) is 16.4 Å². The van der Waals surface area contributed by atoms with E-state index in [9.17, 15) is 4.79 Å². The molecule has 4 N–H and O–H groups in total. The maximum atomic E-state index is 11.9. The topological polar surface area (TPSA) is 106 Å². The molecule has 19 heavy (non-hydrogen) atoms. The highest BCUT2D eigenvalue weighted by atomic mass is 16.2. The lowest BCUT2D eigenvalue weighted by atomic mass is 9.96. The van der Waals surface area contributed by atoms with E-state index in [2.05, 4.69) is 25.6 Å². The highest BCUT2D eigenvalue weighted by molar-refractivity contribution is 5.93. The fourth-order valence-corrected chi connectivity index (χ4v) is 1.13. The number of nitrogens with one attached hydrogen (secondary N) is 2. The van der Waals surface area contributed by atoms with Crippen molar-refractivity contribution in [3.8, 4) is 0 Å². The van der Waals surface area contributed by atoms with Crippen LogP contribution in [0.3, 0.4) is 0 Å². The number of nitrogens with two attached hydrogens (primary N) is 1. The minimum Gasteiger partial charge on any atom is -0.368 e. The first-order chi connectivity index (χ1) is 8.47. The quantitative estimate of drug-likeness (QED) is 0.751. The zero-order valence-electron chi connectivity index (χ0n) is 12.3. The first kappa shape index (κ1) is 15.1. The van der Waals surface area contributed by atoms with Crippen LogP contribution in [0.25, 0.3) is 0 Å². The van der Waals surface area contributed by atoms with Gasteiger partial charge < -0.3 is 11.1 Å². The van der Waals surface area contributed by atoms with Crippen LogP contribution in [0.4, 0.5) is 17.8 Å². The Morgan fingerprint density at radius 1 is 1.00 bits per heavy atom. The summed E-state index contributed by atoms with van der Waals surface area (Å²) in [5.41, 5.74) is 4.87. The summed E-state index contributed by atoms with van der Waals surface area (Å²) in [7, 11) is 0. The second kappa shape index (κ2) is 4.99. The zero-order chi connectivity index (χ0) is 14.8. The molecule has 0 fully saturated rings. The molecular weight excluding hydrogens is 244 g/mol. The number of aromatic nitrogens is 3. The van der Waals surface area contributed by atoms with Gasteiger partial charge in [-0.15, -0.1) is 0 Å². The molecule has 1 aromatic rings. The van der Waals surface area contributed by atoms with E-state index in [4.69, 9.17) is 5.73 Å². The van der Waals surface area contributed by atoms with Gasteiger partial charge in [-0.2, -0.15) is 15.0 Å². The Morgan fingerprint density at radius 2 is 1.53 bits per heavy atom. The number of hydrogen-bond acceptors (Lipinski definition) is 6. The smallest absolute Gasteiger partial charge is 0.236 e. The molecule has 0 bridgehead atoms. The number of nitrogens with zero attached hydrogens (tertiary/aromatic N) is 3. The molecule has 1 rings (SSSR count). The van der Waals surface area contributed by atoms with Crippen LogP contribution in [0, 0.1) is 5.41 Å². The van der Waals surface area contributed by atoms with Crippen LogP contribution in [0.15, 0.2) is 0 Å². The van der Waals surface area contributed by atoms with Crippen LogP contribution in [0.5, 0.6) is 0 Å². The van der Waals surface area contributed by atoms with Crippen molar-refractivity contribution in [1.29, 1.82) is 0 Å². The molecule has 0 aliphatic rings. The van der Waals surface area contributed by atoms with Gasteiger partial charge in [-0.05, 0) is 20.8 Å². The lowest BCUT2D eigenvalue weighted by molar-refractivity contribution is -0.123. The second-order valence-corrected chi connectivity index (χ2v) is 6.42. The molecule has 0 aliphatic heterocycles. The molecule has 0 aromatic carbocycles. The summed E-state index contributed by atoms with van der Waals surface area (Å²) in [5, 5.41) is 5.71. The lowest BCUT2D eigenvalue weighted by Crippen LogP contribution is -2.30. The van der Waals surface area contributed by atoms with Crippen LogP contribution in [-0.2, 0) is 4.79 Å². The summed E-state index contributed by atoms with van der Waals surface area (Å²) >= 11 is 0. The summed E-state index contributed by atoms with van der Waals surface area (Å²) in [6.45, 7) is 11.3. The third kappa shape index (κ3) is 5.07. The Morgan fingerprint density at radius 3 is 2.00 bits per heavy atom. The molecule has 0 radical (unpaired) electrons. The van der Waals surface area contributed by atoms with E-state index in [1.54, 1.807) is 20.8 Å². The van der Waals surface area contributed by atoms with Gasteiger partial charge in [-0.1, -0.05) is 20.8 Å².